The van der Waals surface area contributed by atoms with Crippen molar-refractivity contribution in [1.29, 1.82) is 0 Å². The van der Waals surface area contributed by atoms with E-state index in [1.54, 1.807) is 0 Å². The van der Waals surface area contributed by atoms with Gasteiger partial charge >= 0.3 is 0 Å². The zero-order valence-corrected chi connectivity index (χ0v) is 8.42. The average Bonchev–Trinajstić information content (AvgIpc) is 2.75. The summed E-state index contributed by atoms with van der Waals surface area (Å²) in [5.41, 5.74) is 4.71. The zero-order chi connectivity index (χ0) is 12.6. The minimum atomic E-state index is -1.50. The van der Waals surface area contributed by atoms with Crippen LogP contribution in [0.2, 0.25) is 0 Å². The first-order chi connectivity index (χ1) is 8.04. The SMILES string of the molecule is NCc1ccn(-c2c(F)c(F)cc(F)c2F)n1. The van der Waals surface area contributed by atoms with Crippen LogP contribution in [-0.4, -0.2) is 9.78 Å². The highest BCUT2D eigenvalue weighted by Crippen LogP contribution is 2.22. The molecule has 2 rings (SSSR count). The number of benzene rings is 1. The molecule has 0 unspecified atom stereocenters. The molecule has 90 valence electrons. The molecule has 0 saturated carbocycles. The molecule has 1 aromatic carbocycles. The van der Waals surface area contributed by atoms with Gasteiger partial charge in [-0.2, -0.15) is 5.10 Å². The summed E-state index contributed by atoms with van der Waals surface area (Å²) in [6, 6.07) is 1.53. The van der Waals surface area contributed by atoms with E-state index in [2.05, 4.69) is 5.10 Å². The van der Waals surface area contributed by atoms with Crippen LogP contribution in [0, 0.1) is 23.3 Å². The summed E-state index contributed by atoms with van der Waals surface area (Å²) in [6.07, 6.45) is 1.17. The van der Waals surface area contributed by atoms with Gasteiger partial charge < -0.3 is 5.73 Å². The van der Waals surface area contributed by atoms with Crippen LogP contribution in [0.25, 0.3) is 5.69 Å². The number of rotatable bonds is 2. The normalized spacial score (nSPS) is 10.9. The van der Waals surface area contributed by atoms with Crippen LogP contribution in [0.15, 0.2) is 18.3 Å². The molecule has 0 bridgehead atoms. The van der Waals surface area contributed by atoms with Crippen LogP contribution in [-0.2, 0) is 6.54 Å². The van der Waals surface area contributed by atoms with Gasteiger partial charge in [-0.25, -0.2) is 22.2 Å². The molecule has 0 atom stereocenters. The van der Waals surface area contributed by atoms with Gasteiger partial charge in [0.25, 0.3) is 0 Å². The molecule has 1 heterocycles. The van der Waals surface area contributed by atoms with Crippen LogP contribution in [0.5, 0.6) is 0 Å². The lowest BCUT2D eigenvalue weighted by molar-refractivity contribution is 0.444. The molecule has 3 nitrogen and oxygen atoms in total. The first kappa shape index (κ1) is 11.6. The summed E-state index contributed by atoms with van der Waals surface area (Å²) < 4.78 is 53.3. The number of hydrogen-bond acceptors (Lipinski definition) is 2. The van der Waals surface area contributed by atoms with Crippen molar-refractivity contribution < 1.29 is 17.6 Å². The maximum Gasteiger partial charge on any atom is 0.187 e. The molecule has 7 heteroatoms. The van der Waals surface area contributed by atoms with Crippen LogP contribution in [0.4, 0.5) is 17.6 Å². The van der Waals surface area contributed by atoms with Crippen molar-refractivity contribution in [2.24, 2.45) is 5.73 Å². The summed E-state index contributed by atoms with van der Waals surface area (Å²) in [4.78, 5) is 0. The van der Waals surface area contributed by atoms with E-state index in [0.29, 0.717) is 10.4 Å². The highest BCUT2D eigenvalue weighted by atomic mass is 19.2. The molecular formula is C10H7F4N3. The molecular weight excluding hydrogens is 238 g/mol. The van der Waals surface area contributed by atoms with Gasteiger partial charge in [0.05, 0.1) is 5.69 Å². The lowest BCUT2D eigenvalue weighted by Gasteiger charge is -2.06. The Morgan fingerprint density at radius 3 is 2.18 bits per heavy atom. The third kappa shape index (κ3) is 1.89. The molecule has 1 aromatic heterocycles. The van der Waals surface area contributed by atoms with E-state index >= 15 is 0 Å². The van der Waals surface area contributed by atoms with Gasteiger partial charge in [0, 0.05) is 18.8 Å². The number of nitrogens with two attached hydrogens (primary N) is 1. The van der Waals surface area contributed by atoms with E-state index in [1.165, 1.54) is 12.3 Å². The monoisotopic (exact) mass is 245 g/mol. The van der Waals surface area contributed by atoms with Gasteiger partial charge in [0.2, 0.25) is 0 Å². The quantitative estimate of drug-likeness (QED) is 0.648. The van der Waals surface area contributed by atoms with Gasteiger partial charge in [-0.3, -0.25) is 0 Å². The van der Waals surface area contributed by atoms with Crippen LogP contribution < -0.4 is 5.73 Å². The van der Waals surface area contributed by atoms with E-state index in [-0.39, 0.29) is 12.6 Å². The highest BCUT2D eigenvalue weighted by molar-refractivity contribution is 5.36. The van der Waals surface area contributed by atoms with E-state index in [9.17, 15) is 17.6 Å². The second-order valence-corrected chi connectivity index (χ2v) is 3.27. The van der Waals surface area contributed by atoms with Crippen LogP contribution in [0.3, 0.4) is 0 Å². The fourth-order valence-corrected chi connectivity index (χ4v) is 1.36. The molecule has 2 aromatic rings. The molecule has 0 aliphatic carbocycles. The minimum absolute atomic E-state index is 0.0496. The predicted molar refractivity (Wildman–Crippen MR) is 51.3 cm³/mol. The molecule has 0 radical (unpaired) electrons. The third-order valence-electron chi connectivity index (χ3n) is 2.17. The standard InChI is InChI=1S/C10H7F4N3/c11-6-3-7(12)9(14)10(8(6)13)17-2-1-5(4-15)16-17/h1-3H,4,15H2. The molecule has 0 amide bonds. The maximum atomic E-state index is 13.4. The molecule has 0 aliphatic rings. The van der Waals surface area contributed by atoms with Gasteiger partial charge in [0.15, 0.2) is 23.3 Å². The van der Waals surface area contributed by atoms with E-state index in [0.717, 1.165) is 0 Å². The largest absolute Gasteiger partial charge is 0.325 e. The van der Waals surface area contributed by atoms with Crippen molar-refractivity contribution in [2.75, 3.05) is 0 Å². The fourth-order valence-electron chi connectivity index (χ4n) is 1.36. The Hall–Kier alpha value is -1.89. The lowest BCUT2D eigenvalue weighted by atomic mass is 10.2. The highest BCUT2D eigenvalue weighted by Gasteiger charge is 2.21. The number of aromatic nitrogens is 2. The molecule has 0 aliphatic heterocycles. The van der Waals surface area contributed by atoms with Gasteiger partial charge in [-0.05, 0) is 6.07 Å². The lowest BCUT2D eigenvalue weighted by Crippen LogP contribution is -2.08. The van der Waals surface area contributed by atoms with Gasteiger partial charge in [-0.15, -0.1) is 0 Å². The Bertz CT molecular complexity index is 539. The maximum absolute atomic E-state index is 13.4. The van der Waals surface area contributed by atoms with Crippen molar-refractivity contribution >= 4 is 0 Å². The van der Waals surface area contributed by atoms with E-state index in [4.69, 9.17) is 5.73 Å². The second kappa shape index (κ2) is 4.17. The predicted octanol–water partition coefficient (Wildman–Crippen LogP) is 1.89. The van der Waals surface area contributed by atoms with Crippen LogP contribution >= 0.6 is 0 Å². The van der Waals surface area contributed by atoms with Gasteiger partial charge in [-0.1, -0.05) is 0 Å². The van der Waals surface area contributed by atoms with Crippen molar-refractivity contribution in [3.63, 3.8) is 0 Å². The summed E-state index contributed by atoms with van der Waals surface area (Å²) >= 11 is 0. The van der Waals surface area contributed by atoms with Crippen LogP contribution in [0.1, 0.15) is 5.69 Å². The summed E-state index contributed by atoms with van der Waals surface area (Å²) in [5, 5.41) is 3.68. The Balaban J connectivity index is 2.65. The second-order valence-electron chi connectivity index (χ2n) is 3.27. The van der Waals surface area contributed by atoms with Crippen molar-refractivity contribution in [3.8, 4) is 5.69 Å². The van der Waals surface area contributed by atoms with Crippen molar-refractivity contribution in [1.82, 2.24) is 9.78 Å². The first-order valence-electron chi connectivity index (χ1n) is 4.62. The summed E-state index contributed by atoms with van der Waals surface area (Å²) in [6.45, 7) is 0.0496. The Morgan fingerprint density at radius 2 is 1.71 bits per heavy atom. The number of hydrogen-bond donors (Lipinski definition) is 1. The number of nitrogens with zero attached hydrogens (tertiary/aromatic N) is 2. The molecule has 0 fully saturated rings. The molecule has 0 saturated heterocycles. The van der Waals surface area contributed by atoms with E-state index in [1.807, 2.05) is 0 Å². The Morgan fingerprint density at radius 1 is 1.12 bits per heavy atom. The third-order valence-corrected chi connectivity index (χ3v) is 2.17. The summed E-state index contributed by atoms with van der Waals surface area (Å²) in [7, 11) is 0. The topological polar surface area (TPSA) is 43.8 Å². The number of halogens is 4. The fraction of sp³-hybridized carbons (Fsp3) is 0.100. The summed E-state index contributed by atoms with van der Waals surface area (Å²) in [5.74, 6) is -5.97. The van der Waals surface area contributed by atoms with Gasteiger partial charge in [0.1, 0.15) is 5.69 Å². The molecule has 0 spiro atoms. The Labute approximate surface area is 93.5 Å². The van der Waals surface area contributed by atoms with Crippen molar-refractivity contribution in [3.05, 3.63) is 47.3 Å². The minimum Gasteiger partial charge on any atom is -0.325 e. The Kier molecular flexibility index (Phi) is 2.84. The smallest absolute Gasteiger partial charge is 0.187 e. The zero-order valence-electron chi connectivity index (χ0n) is 8.42. The molecule has 17 heavy (non-hydrogen) atoms. The van der Waals surface area contributed by atoms with Crippen molar-refractivity contribution in [2.45, 2.75) is 6.54 Å². The molecule has 2 N–H and O–H groups in total. The first-order valence-corrected chi connectivity index (χ1v) is 4.62. The average molecular weight is 245 g/mol. The van der Waals surface area contributed by atoms with E-state index < -0.39 is 29.0 Å².